The fourth-order valence-corrected chi connectivity index (χ4v) is 6.67. The lowest BCUT2D eigenvalue weighted by Crippen LogP contribution is -2.53. The number of sulfonamides is 1. The average molecular weight is 630 g/mol. The minimum atomic E-state index is -4.14. The molecule has 1 atom stereocenters. The zero-order valence-corrected chi connectivity index (χ0v) is 27.2. The minimum Gasteiger partial charge on any atom is -0.355 e. The van der Waals surface area contributed by atoms with Gasteiger partial charge in [0, 0.05) is 24.4 Å². The normalized spacial score (nSPS) is 11.9. The van der Waals surface area contributed by atoms with E-state index in [2.05, 4.69) is 5.32 Å². The van der Waals surface area contributed by atoms with Crippen LogP contribution in [0, 0.1) is 13.8 Å². The van der Waals surface area contributed by atoms with Crippen molar-refractivity contribution in [3.63, 3.8) is 0 Å². The van der Waals surface area contributed by atoms with Crippen LogP contribution in [0.5, 0.6) is 0 Å². The number of benzene rings is 4. The molecule has 0 aromatic heterocycles. The molecule has 0 aliphatic heterocycles. The Bertz CT molecular complexity index is 1640. The van der Waals surface area contributed by atoms with Crippen LogP contribution in [0.2, 0.25) is 0 Å². The number of carbonyl (C=O) groups is 2. The maximum absolute atomic E-state index is 14.4. The van der Waals surface area contributed by atoms with Crippen LogP contribution in [-0.2, 0) is 32.6 Å². The zero-order valence-electron chi connectivity index (χ0n) is 25.6. The molecule has 230 valence electrons. The summed E-state index contributed by atoms with van der Waals surface area (Å²) in [6, 6.07) is 30.1. The molecule has 0 spiro atoms. The van der Waals surface area contributed by atoms with E-state index in [1.807, 2.05) is 93.8 Å². The monoisotopic (exact) mass is 629 g/mol. The van der Waals surface area contributed by atoms with Gasteiger partial charge in [0.1, 0.15) is 12.6 Å². The van der Waals surface area contributed by atoms with Gasteiger partial charge in [0.25, 0.3) is 10.0 Å². The van der Waals surface area contributed by atoms with E-state index < -0.39 is 28.5 Å². The summed E-state index contributed by atoms with van der Waals surface area (Å²) in [5.74, 6) is -0.781. The van der Waals surface area contributed by atoms with Gasteiger partial charge in [0.2, 0.25) is 11.8 Å². The van der Waals surface area contributed by atoms with Gasteiger partial charge in [-0.2, -0.15) is 0 Å². The van der Waals surface area contributed by atoms with E-state index in [1.165, 1.54) is 16.7 Å². The number of anilines is 1. The number of nitrogens with one attached hydrogen (secondary N) is 1. The van der Waals surface area contributed by atoms with Gasteiger partial charge in [0.15, 0.2) is 0 Å². The summed E-state index contributed by atoms with van der Waals surface area (Å²) < 4.78 is 29.4. The molecule has 9 heteroatoms. The second-order valence-corrected chi connectivity index (χ2v) is 13.4. The smallest absolute Gasteiger partial charge is 0.264 e. The lowest BCUT2D eigenvalue weighted by molar-refractivity contribution is -0.140. The van der Waals surface area contributed by atoms with E-state index in [9.17, 15) is 18.0 Å². The van der Waals surface area contributed by atoms with E-state index in [0.717, 1.165) is 31.5 Å². The summed E-state index contributed by atoms with van der Waals surface area (Å²) in [5, 5.41) is 2.89. The van der Waals surface area contributed by atoms with Crippen LogP contribution >= 0.6 is 11.8 Å². The molecule has 0 aliphatic carbocycles. The van der Waals surface area contributed by atoms with Crippen molar-refractivity contribution in [3.8, 4) is 0 Å². The molecular formula is C35H39N3O4S2. The summed E-state index contributed by atoms with van der Waals surface area (Å²) in [7, 11) is -4.14. The van der Waals surface area contributed by atoms with Gasteiger partial charge in [0.05, 0.1) is 10.6 Å². The van der Waals surface area contributed by atoms with Gasteiger partial charge in [-0.25, -0.2) is 8.42 Å². The minimum absolute atomic E-state index is 0.0818. The highest BCUT2D eigenvalue weighted by molar-refractivity contribution is 7.98. The van der Waals surface area contributed by atoms with Crippen LogP contribution in [0.25, 0.3) is 0 Å². The number of carbonyl (C=O) groups excluding carboxylic acids is 2. The standard InChI is InChI=1S/C35H39N3O4S2/c1-5-36-35(40)33(23-28-9-7-6-8-10-28)37(24-29-15-11-26(2)12-16-29)34(39)25-38(30-17-13-27(3)14-18-30)44(41,42)32-21-19-31(43-4)20-22-32/h6-22,33H,5,23-25H2,1-4H3,(H,36,40)/t33-/m1/s1. The average Bonchev–Trinajstić information content (AvgIpc) is 3.03. The fraction of sp³-hybridized carbons (Fsp3) is 0.257. The third kappa shape index (κ3) is 8.30. The Hall–Kier alpha value is -4.08. The Kier molecular flexibility index (Phi) is 11.3. The molecule has 0 fully saturated rings. The van der Waals surface area contributed by atoms with Crippen molar-refractivity contribution < 1.29 is 18.0 Å². The predicted molar refractivity (Wildman–Crippen MR) is 178 cm³/mol. The van der Waals surface area contributed by atoms with Gasteiger partial charge in [-0.3, -0.25) is 13.9 Å². The topological polar surface area (TPSA) is 86.8 Å². The van der Waals surface area contributed by atoms with Crippen molar-refractivity contribution in [1.82, 2.24) is 10.2 Å². The summed E-state index contributed by atoms with van der Waals surface area (Å²) in [4.78, 5) is 30.5. The second kappa shape index (κ2) is 15.1. The van der Waals surface area contributed by atoms with Crippen LogP contribution in [0.15, 0.2) is 113 Å². The number of hydrogen-bond donors (Lipinski definition) is 1. The molecule has 44 heavy (non-hydrogen) atoms. The maximum atomic E-state index is 14.4. The van der Waals surface area contributed by atoms with Crippen molar-refractivity contribution in [3.05, 3.63) is 125 Å². The Morgan fingerprint density at radius 3 is 1.95 bits per heavy atom. The number of hydrogen-bond acceptors (Lipinski definition) is 5. The summed E-state index contributed by atoms with van der Waals surface area (Å²) in [5.41, 5.74) is 4.12. The van der Waals surface area contributed by atoms with E-state index in [0.29, 0.717) is 12.2 Å². The first-order chi connectivity index (χ1) is 21.1. The van der Waals surface area contributed by atoms with Gasteiger partial charge in [-0.05, 0) is 74.6 Å². The Balaban J connectivity index is 1.78. The molecule has 0 radical (unpaired) electrons. The molecular weight excluding hydrogens is 591 g/mol. The quantitative estimate of drug-likeness (QED) is 0.184. The highest BCUT2D eigenvalue weighted by atomic mass is 32.2. The van der Waals surface area contributed by atoms with Gasteiger partial charge < -0.3 is 10.2 Å². The Labute approximate surface area is 265 Å². The van der Waals surface area contributed by atoms with E-state index in [4.69, 9.17) is 0 Å². The van der Waals surface area contributed by atoms with Gasteiger partial charge in [-0.1, -0.05) is 77.9 Å². The molecule has 0 saturated heterocycles. The number of amides is 2. The molecule has 0 unspecified atom stereocenters. The third-order valence-corrected chi connectivity index (χ3v) is 9.88. The summed E-state index contributed by atoms with van der Waals surface area (Å²) >= 11 is 1.51. The molecule has 4 rings (SSSR count). The third-order valence-electron chi connectivity index (χ3n) is 7.34. The van der Waals surface area contributed by atoms with Crippen LogP contribution in [0.3, 0.4) is 0 Å². The molecule has 0 heterocycles. The highest BCUT2D eigenvalue weighted by Gasteiger charge is 2.34. The predicted octanol–water partition coefficient (Wildman–Crippen LogP) is 6.00. The summed E-state index contributed by atoms with van der Waals surface area (Å²) in [6.45, 7) is 5.78. The molecule has 1 N–H and O–H groups in total. The molecule has 0 bridgehead atoms. The largest absolute Gasteiger partial charge is 0.355 e. The number of nitrogens with zero attached hydrogens (tertiary/aromatic N) is 2. The van der Waals surface area contributed by atoms with Crippen molar-refractivity contribution >= 4 is 39.3 Å². The first-order valence-corrected chi connectivity index (χ1v) is 17.2. The SMILES string of the molecule is CCNC(=O)[C@@H](Cc1ccccc1)N(Cc1ccc(C)cc1)C(=O)CN(c1ccc(C)cc1)S(=O)(=O)c1ccc(SC)cc1. The maximum Gasteiger partial charge on any atom is 0.264 e. The van der Waals surface area contributed by atoms with Crippen molar-refractivity contribution in [2.75, 3.05) is 23.7 Å². The Morgan fingerprint density at radius 2 is 1.39 bits per heavy atom. The lowest BCUT2D eigenvalue weighted by Gasteiger charge is -2.34. The molecule has 2 amide bonds. The molecule has 0 aliphatic rings. The van der Waals surface area contributed by atoms with E-state index in [1.54, 1.807) is 36.4 Å². The number of aryl methyl sites for hydroxylation is 2. The lowest BCUT2D eigenvalue weighted by atomic mass is 10.0. The van der Waals surface area contributed by atoms with Crippen molar-refractivity contribution in [1.29, 1.82) is 0 Å². The molecule has 0 saturated carbocycles. The van der Waals surface area contributed by atoms with Crippen molar-refractivity contribution in [2.24, 2.45) is 0 Å². The van der Waals surface area contributed by atoms with Crippen LogP contribution in [-0.4, -0.2) is 50.5 Å². The van der Waals surface area contributed by atoms with Crippen LogP contribution in [0.1, 0.15) is 29.2 Å². The molecule has 4 aromatic rings. The number of likely N-dealkylation sites (N-methyl/N-ethyl adjacent to an activating group) is 1. The van der Waals surface area contributed by atoms with E-state index >= 15 is 0 Å². The first-order valence-electron chi connectivity index (χ1n) is 14.5. The van der Waals surface area contributed by atoms with Crippen molar-refractivity contribution in [2.45, 2.75) is 49.6 Å². The Morgan fingerprint density at radius 1 is 0.795 bits per heavy atom. The van der Waals surface area contributed by atoms with Crippen LogP contribution < -0.4 is 9.62 Å². The number of thioether (sulfide) groups is 1. The highest BCUT2D eigenvalue weighted by Crippen LogP contribution is 2.27. The number of rotatable bonds is 13. The van der Waals surface area contributed by atoms with Gasteiger partial charge >= 0.3 is 0 Å². The second-order valence-electron chi connectivity index (χ2n) is 10.6. The molecule has 4 aromatic carbocycles. The van der Waals surface area contributed by atoms with E-state index in [-0.39, 0.29) is 23.8 Å². The first kappa shape index (κ1) is 32.8. The van der Waals surface area contributed by atoms with Crippen LogP contribution in [0.4, 0.5) is 5.69 Å². The summed E-state index contributed by atoms with van der Waals surface area (Å²) in [6.07, 6.45) is 2.20. The molecule has 7 nitrogen and oxygen atoms in total. The zero-order chi connectivity index (χ0) is 31.7. The van der Waals surface area contributed by atoms with Gasteiger partial charge in [-0.15, -0.1) is 11.8 Å². The fourth-order valence-electron chi connectivity index (χ4n) is 4.85.